The van der Waals surface area contributed by atoms with E-state index in [-0.39, 0.29) is 24.7 Å². The van der Waals surface area contributed by atoms with Gasteiger partial charge in [-0.2, -0.15) is 8.42 Å². The van der Waals surface area contributed by atoms with Crippen LogP contribution < -0.4 is 4.74 Å². The minimum atomic E-state index is -3.75. The van der Waals surface area contributed by atoms with Crippen molar-refractivity contribution in [1.82, 2.24) is 0 Å². The second kappa shape index (κ2) is 6.98. The van der Waals surface area contributed by atoms with Gasteiger partial charge in [0.15, 0.2) is 0 Å². The third-order valence-electron chi connectivity index (χ3n) is 2.23. The van der Waals surface area contributed by atoms with Gasteiger partial charge in [0.1, 0.15) is 5.75 Å². The molecule has 0 saturated heterocycles. The van der Waals surface area contributed by atoms with Crippen LogP contribution in [-0.4, -0.2) is 28.2 Å². The van der Waals surface area contributed by atoms with Gasteiger partial charge in [0, 0.05) is 11.0 Å². The number of nitrogens with zero attached hydrogens (tertiary/aromatic N) is 3. The lowest BCUT2D eigenvalue weighted by Gasteiger charge is -2.10. The molecule has 0 aromatic heterocycles. The van der Waals surface area contributed by atoms with Crippen LogP contribution in [0.3, 0.4) is 0 Å². The minimum Gasteiger partial charge on any atom is -0.493 e. The zero-order chi connectivity index (χ0) is 14.3. The van der Waals surface area contributed by atoms with E-state index < -0.39 is 10.1 Å². The predicted octanol–water partition coefficient (Wildman–Crippen LogP) is 2.41. The van der Waals surface area contributed by atoms with Gasteiger partial charge in [-0.25, -0.2) is 0 Å². The zero-order valence-corrected chi connectivity index (χ0v) is 11.6. The monoisotopic (exact) mass is 285 g/mol. The van der Waals surface area contributed by atoms with E-state index in [0.717, 1.165) is 5.56 Å². The van der Waals surface area contributed by atoms with E-state index in [1.54, 1.807) is 19.9 Å². The molecule has 7 nitrogen and oxygen atoms in total. The summed E-state index contributed by atoms with van der Waals surface area (Å²) in [5.41, 5.74) is 8.92. The molecule has 0 aliphatic carbocycles. The van der Waals surface area contributed by atoms with Gasteiger partial charge in [-0.15, -0.1) is 0 Å². The Morgan fingerprint density at radius 2 is 2.16 bits per heavy atom. The molecular formula is C11H15N3O4S. The summed E-state index contributed by atoms with van der Waals surface area (Å²) >= 11 is 0. The molecule has 104 valence electrons. The van der Waals surface area contributed by atoms with Crippen molar-refractivity contribution in [3.63, 3.8) is 0 Å². The maximum atomic E-state index is 11.7. The quantitative estimate of drug-likeness (QED) is 0.252. The van der Waals surface area contributed by atoms with Gasteiger partial charge in [0.05, 0.1) is 24.7 Å². The van der Waals surface area contributed by atoms with Gasteiger partial charge in [-0.1, -0.05) is 11.2 Å². The summed E-state index contributed by atoms with van der Waals surface area (Å²) in [5.74, 6) is 0.425. The van der Waals surface area contributed by atoms with Crippen molar-refractivity contribution in [3.05, 3.63) is 34.2 Å². The molecule has 0 N–H and O–H groups in total. The largest absolute Gasteiger partial charge is 0.493 e. The number of hydrogen-bond donors (Lipinski definition) is 0. The molecule has 0 saturated carbocycles. The average Bonchev–Trinajstić information content (AvgIpc) is 2.36. The number of rotatable bonds is 7. The Bertz CT molecular complexity index is 580. The highest BCUT2D eigenvalue weighted by Crippen LogP contribution is 2.23. The summed E-state index contributed by atoms with van der Waals surface area (Å²) in [5, 5.41) is 3.33. The maximum absolute atomic E-state index is 11.7. The van der Waals surface area contributed by atoms with Gasteiger partial charge in [-0.05, 0) is 31.0 Å². The molecule has 1 rings (SSSR count). The zero-order valence-electron chi connectivity index (χ0n) is 10.7. The number of azide groups is 1. The highest BCUT2D eigenvalue weighted by atomic mass is 32.2. The summed E-state index contributed by atoms with van der Waals surface area (Å²) in [6.07, 6.45) is 0. The number of ether oxygens (including phenoxy) is 1. The Labute approximate surface area is 111 Å². The van der Waals surface area contributed by atoms with Crippen LogP contribution in [0.4, 0.5) is 0 Å². The summed E-state index contributed by atoms with van der Waals surface area (Å²) in [4.78, 5) is 2.64. The summed E-state index contributed by atoms with van der Waals surface area (Å²) in [6.45, 7) is 3.83. The van der Waals surface area contributed by atoms with Gasteiger partial charge >= 0.3 is 0 Å². The minimum absolute atomic E-state index is 0.0405. The summed E-state index contributed by atoms with van der Waals surface area (Å²) in [7, 11) is -3.75. The van der Waals surface area contributed by atoms with Crippen molar-refractivity contribution < 1.29 is 17.3 Å². The van der Waals surface area contributed by atoms with E-state index in [0.29, 0.717) is 5.75 Å². The van der Waals surface area contributed by atoms with Crippen LogP contribution in [-0.2, 0) is 14.3 Å². The van der Waals surface area contributed by atoms with Gasteiger partial charge in [-0.3, -0.25) is 4.18 Å². The van der Waals surface area contributed by atoms with Crippen molar-refractivity contribution in [2.45, 2.75) is 18.7 Å². The first-order chi connectivity index (χ1) is 9.01. The van der Waals surface area contributed by atoms with Crippen molar-refractivity contribution in [1.29, 1.82) is 0 Å². The second-order valence-electron chi connectivity index (χ2n) is 3.59. The van der Waals surface area contributed by atoms with Crippen LogP contribution >= 0.6 is 0 Å². The van der Waals surface area contributed by atoms with E-state index in [1.807, 2.05) is 0 Å². The third kappa shape index (κ3) is 4.44. The van der Waals surface area contributed by atoms with Crippen LogP contribution in [0.15, 0.2) is 28.2 Å². The average molecular weight is 285 g/mol. The molecule has 0 fully saturated rings. The summed E-state index contributed by atoms with van der Waals surface area (Å²) < 4.78 is 33.5. The Hall–Kier alpha value is -1.76. The SMILES string of the molecule is CCOS(=O)(=O)c1ccc(C)c(OCCN=[N+]=[N-])c1. The molecule has 0 bridgehead atoms. The predicted molar refractivity (Wildman–Crippen MR) is 69.5 cm³/mol. The van der Waals surface area contributed by atoms with E-state index in [9.17, 15) is 8.42 Å². The van der Waals surface area contributed by atoms with Crippen molar-refractivity contribution in [3.8, 4) is 5.75 Å². The lowest BCUT2D eigenvalue weighted by molar-refractivity contribution is 0.322. The van der Waals surface area contributed by atoms with Crippen LogP contribution in [0.1, 0.15) is 12.5 Å². The van der Waals surface area contributed by atoms with E-state index in [2.05, 4.69) is 10.0 Å². The lowest BCUT2D eigenvalue weighted by atomic mass is 10.2. The molecule has 0 aliphatic rings. The fourth-order valence-electron chi connectivity index (χ4n) is 1.36. The van der Waals surface area contributed by atoms with Crippen LogP contribution in [0.2, 0.25) is 0 Å². The lowest BCUT2D eigenvalue weighted by Crippen LogP contribution is -2.07. The molecule has 0 atom stereocenters. The highest BCUT2D eigenvalue weighted by Gasteiger charge is 2.16. The van der Waals surface area contributed by atoms with E-state index >= 15 is 0 Å². The molecule has 0 radical (unpaired) electrons. The van der Waals surface area contributed by atoms with Gasteiger partial charge in [0.2, 0.25) is 0 Å². The van der Waals surface area contributed by atoms with Crippen molar-refractivity contribution in [2.24, 2.45) is 5.11 Å². The molecule has 8 heteroatoms. The standard InChI is InChI=1S/C11H15N3O4S/c1-3-18-19(15,16)10-5-4-9(2)11(8-10)17-7-6-13-14-12/h4-5,8H,3,6-7H2,1-2H3. The van der Waals surface area contributed by atoms with Crippen molar-refractivity contribution in [2.75, 3.05) is 19.8 Å². The van der Waals surface area contributed by atoms with Gasteiger partial charge < -0.3 is 4.74 Å². The molecule has 0 unspecified atom stereocenters. The first-order valence-corrected chi connectivity index (χ1v) is 7.06. The van der Waals surface area contributed by atoms with Gasteiger partial charge in [0.25, 0.3) is 10.1 Å². The number of benzene rings is 1. The molecule has 0 heterocycles. The van der Waals surface area contributed by atoms with Crippen LogP contribution in [0.5, 0.6) is 5.75 Å². The second-order valence-corrected chi connectivity index (χ2v) is 5.21. The normalized spacial score (nSPS) is 10.8. The van der Waals surface area contributed by atoms with Crippen LogP contribution in [0, 0.1) is 6.92 Å². The van der Waals surface area contributed by atoms with Crippen molar-refractivity contribution >= 4 is 10.1 Å². The molecule has 0 aliphatic heterocycles. The van der Waals surface area contributed by atoms with E-state index in [4.69, 9.17) is 14.5 Å². The molecule has 0 amide bonds. The maximum Gasteiger partial charge on any atom is 0.297 e. The molecule has 1 aromatic carbocycles. The first kappa shape index (κ1) is 15.3. The highest BCUT2D eigenvalue weighted by molar-refractivity contribution is 7.86. The fourth-order valence-corrected chi connectivity index (χ4v) is 2.29. The molecule has 0 spiro atoms. The number of hydrogen-bond acceptors (Lipinski definition) is 5. The number of aryl methyl sites for hydroxylation is 1. The Balaban J connectivity index is 2.91. The smallest absolute Gasteiger partial charge is 0.297 e. The van der Waals surface area contributed by atoms with E-state index in [1.165, 1.54) is 12.1 Å². The Kier molecular flexibility index (Phi) is 5.62. The molecule has 19 heavy (non-hydrogen) atoms. The topological polar surface area (TPSA) is 101 Å². The fraction of sp³-hybridized carbons (Fsp3) is 0.455. The third-order valence-corrected chi connectivity index (χ3v) is 3.61. The Morgan fingerprint density at radius 1 is 1.42 bits per heavy atom. The molecular weight excluding hydrogens is 270 g/mol. The molecule has 1 aromatic rings. The Morgan fingerprint density at radius 3 is 2.79 bits per heavy atom. The first-order valence-electron chi connectivity index (χ1n) is 5.65. The van der Waals surface area contributed by atoms with Crippen LogP contribution in [0.25, 0.3) is 10.4 Å². The summed E-state index contributed by atoms with van der Waals surface area (Å²) in [6, 6.07) is 4.49.